The molecule has 1 aliphatic heterocycles. The fourth-order valence-corrected chi connectivity index (χ4v) is 6.40. The lowest BCUT2D eigenvalue weighted by atomic mass is 9.99. The van der Waals surface area contributed by atoms with Gasteiger partial charge in [-0.25, -0.2) is 8.42 Å². The molecule has 3 heterocycles. The van der Waals surface area contributed by atoms with Crippen LogP contribution in [0.15, 0.2) is 61.1 Å². The third kappa shape index (κ3) is 5.63. The smallest absolute Gasteiger partial charge is 0.253 e. The molecule has 2 aromatic carbocycles. The highest BCUT2D eigenvalue weighted by Gasteiger charge is 2.31. The molecular weight excluding hydrogens is 528 g/mol. The molecule has 212 valence electrons. The highest BCUT2D eigenvalue weighted by atomic mass is 32.2. The maximum Gasteiger partial charge on any atom is 0.253 e. The van der Waals surface area contributed by atoms with Gasteiger partial charge in [0.1, 0.15) is 5.88 Å². The molecular formula is C29H36N6O4S. The van der Waals surface area contributed by atoms with Crippen molar-refractivity contribution >= 4 is 32.5 Å². The van der Waals surface area contributed by atoms with E-state index in [-0.39, 0.29) is 18.3 Å². The Labute approximate surface area is 234 Å². The average molecular weight is 565 g/mol. The molecule has 0 radical (unpaired) electrons. The number of nitrogens with zero attached hydrogens (tertiary/aromatic N) is 4. The van der Waals surface area contributed by atoms with Crippen LogP contribution in [0.2, 0.25) is 0 Å². The molecule has 0 bridgehead atoms. The van der Waals surface area contributed by atoms with Gasteiger partial charge < -0.3 is 20.3 Å². The topological polar surface area (TPSA) is 121 Å². The summed E-state index contributed by atoms with van der Waals surface area (Å²) in [6.45, 7) is 5.62. The van der Waals surface area contributed by atoms with E-state index in [9.17, 15) is 18.3 Å². The van der Waals surface area contributed by atoms with Gasteiger partial charge in [-0.15, -0.1) is 0 Å². The second-order valence-corrected chi connectivity index (χ2v) is 12.2. The van der Waals surface area contributed by atoms with E-state index in [1.165, 1.54) is 11.4 Å². The van der Waals surface area contributed by atoms with Crippen LogP contribution in [0, 0.1) is 0 Å². The van der Waals surface area contributed by atoms with Crippen molar-refractivity contribution in [1.82, 2.24) is 25.0 Å². The van der Waals surface area contributed by atoms with Crippen LogP contribution in [-0.4, -0.2) is 59.5 Å². The predicted molar refractivity (Wildman–Crippen MR) is 156 cm³/mol. The third-order valence-corrected chi connectivity index (χ3v) is 9.14. The first-order chi connectivity index (χ1) is 19.2. The lowest BCUT2D eigenvalue weighted by Gasteiger charge is -2.28. The number of anilines is 1. The van der Waals surface area contributed by atoms with Crippen LogP contribution in [0.3, 0.4) is 0 Å². The number of amides is 1. The molecule has 0 unspecified atom stereocenters. The van der Waals surface area contributed by atoms with Crippen molar-refractivity contribution in [1.29, 1.82) is 0 Å². The van der Waals surface area contributed by atoms with Gasteiger partial charge in [-0.1, -0.05) is 37.3 Å². The number of aliphatic hydroxyl groups excluding tert-OH is 1. The van der Waals surface area contributed by atoms with Gasteiger partial charge >= 0.3 is 0 Å². The number of carbonyl (C=O) groups is 1. The fourth-order valence-electron chi connectivity index (χ4n) is 5.24. The van der Waals surface area contributed by atoms with Gasteiger partial charge in [-0.05, 0) is 43.0 Å². The largest absolute Gasteiger partial charge is 0.390 e. The summed E-state index contributed by atoms with van der Waals surface area (Å²) in [6, 6.07) is 12.6. The van der Waals surface area contributed by atoms with Crippen LogP contribution in [-0.2, 0) is 41.8 Å². The summed E-state index contributed by atoms with van der Waals surface area (Å²) in [5, 5.41) is 22.6. The highest BCUT2D eigenvalue weighted by Crippen LogP contribution is 2.37. The van der Waals surface area contributed by atoms with E-state index in [0.29, 0.717) is 30.6 Å². The molecule has 0 saturated carbocycles. The van der Waals surface area contributed by atoms with Crippen molar-refractivity contribution in [2.45, 2.75) is 57.8 Å². The van der Waals surface area contributed by atoms with Crippen molar-refractivity contribution in [2.24, 2.45) is 0 Å². The van der Waals surface area contributed by atoms with Crippen LogP contribution < -0.4 is 14.9 Å². The quantitative estimate of drug-likeness (QED) is 0.258. The molecule has 2 aromatic heterocycles. The lowest BCUT2D eigenvalue weighted by Crippen LogP contribution is -2.48. The van der Waals surface area contributed by atoms with Crippen molar-refractivity contribution < 1.29 is 18.3 Å². The maximum atomic E-state index is 13.7. The SMILES string of the molecule is CCc1cn2c3c(cc(C(=O)N[C@@H](Cc4ccccc4)[C@H](O)CNCc4cnn(CC)c4)cc13)N(C)S(=O)(=O)C2. The van der Waals surface area contributed by atoms with Crippen LogP contribution in [0.25, 0.3) is 10.9 Å². The first-order valence-corrected chi connectivity index (χ1v) is 15.2. The molecule has 4 aromatic rings. The van der Waals surface area contributed by atoms with Crippen molar-refractivity contribution in [3.8, 4) is 0 Å². The van der Waals surface area contributed by atoms with Crippen molar-refractivity contribution in [3.05, 3.63) is 83.3 Å². The van der Waals surface area contributed by atoms with E-state index < -0.39 is 22.2 Å². The van der Waals surface area contributed by atoms with Crippen molar-refractivity contribution in [2.75, 3.05) is 17.9 Å². The number of aryl methyl sites for hydroxylation is 2. The highest BCUT2D eigenvalue weighted by molar-refractivity contribution is 7.91. The zero-order valence-corrected chi connectivity index (χ0v) is 23.9. The predicted octanol–water partition coefficient (Wildman–Crippen LogP) is 2.65. The summed E-state index contributed by atoms with van der Waals surface area (Å²) < 4.78 is 30.5. The Kier molecular flexibility index (Phi) is 7.97. The Morgan fingerprint density at radius 1 is 1.12 bits per heavy atom. The average Bonchev–Trinajstić information content (AvgIpc) is 3.55. The van der Waals surface area contributed by atoms with Gasteiger partial charge in [0.2, 0.25) is 0 Å². The summed E-state index contributed by atoms with van der Waals surface area (Å²) in [5.41, 5.74) is 4.61. The number of sulfonamides is 1. The Morgan fingerprint density at radius 2 is 1.90 bits per heavy atom. The molecule has 1 amide bonds. The Bertz CT molecular complexity index is 1610. The van der Waals surface area contributed by atoms with Crippen LogP contribution in [0.1, 0.15) is 40.9 Å². The van der Waals surface area contributed by atoms with Gasteiger partial charge in [0.25, 0.3) is 15.9 Å². The minimum Gasteiger partial charge on any atom is -0.390 e. The first-order valence-electron chi connectivity index (χ1n) is 13.6. The number of aliphatic hydroxyl groups is 1. The molecule has 11 heteroatoms. The Hall–Kier alpha value is -3.67. The zero-order chi connectivity index (χ0) is 28.4. The number of rotatable bonds is 11. The number of aromatic nitrogens is 3. The third-order valence-electron chi connectivity index (χ3n) is 7.51. The molecule has 10 nitrogen and oxygen atoms in total. The number of benzene rings is 2. The monoisotopic (exact) mass is 564 g/mol. The zero-order valence-electron chi connectivity index (χ0n) is 23.0. The summed E-state index contributed by atoms with van der Waals surface area (Å²) >= 11 is 0. The minimum atomic E-state index is -3.56. The van der Waals surface area contributed by atoms with Gasteiger partial charge in [0.15, 0.2) is 0 Å². The molecule has 0 fully saturated rings. The lowest BCUT2D eigenvalue weighted by molar-refractivity contribution is 0.0830. The number of carbonyl (C=O) groups excluding carboxylic acids is 1. The maximum absolute atomic E-state index is 13.7. The van der Waals surface area contributed by atoms with Gasteiger partial charge in [0, 0.05) is 55.6 Å². The summed E-state index contributed by atoms with van der Waals surface area (Å²) in [4.78, 5) is 13.7. The van der Waals surface area contributed by atoms with Gasteiger partial charge in [-0.2, -0.15) is 5.10 Å². The molecule has 0 spiro atoms. The second-order valence-electron chi connectivity index (χ2n) is 10.2. The van der Waals surface area contributed by atoms with E-state index in [2.05, 4.69) is 15.7 Å². The van der Waals surface area contributed by atoms with Crippen LogP contribution >= 0.6 is 0 Å². The molecule has 40 heavy (non-hydrogen) atoms. The summed E-state index contributed by atoms with van der Waals surface area (Å²) in [6.07, 6.45) is 5.88. The molecule has 5 rings (SSSR count). The number of hydrogen-bond donors (Lipinski definition) is 3. The molecule has 0 saturated heterocycles. The van der Waals surface area contributed by atoms with E-state index >= 15 is 0 Å². The van der Waals surface area contributed by atoms with Crippen LogP contribution in [0.5, 0.6) is 0 Å². The molecule has 1 aliphatic rings. The van der Waals surface area contributed by atoms with Gasteiger partial charge in [-0.3, -0.25) is 13.8 Å². The van der Waals surface area contributed by atoms with E-state index in [0.717, 1.165) is 34.1 Å². The molecule has 3 N–H and O–H groups in total. The second kappa shape index (κ2) is 11.4. The summed E-state index contributed by atoms with van der Waals surface area (Å²) in [7, 11) is -2.04. The van der Waals surface area contributed by atoms with Crippen molar-refractivity contribution in [3.63, 3.8) is 0 Å². The van der Waals surface area contributed by atoms with E-state index in [1.807, 2.05) is 67.3 Å². The summed E-state index contributed by atoms with van der Waals surface area (Å²) in [5.74, 6) is -0.496. The van der Waals surface area contributed by atoms with Crippen LogP contribution in [0.4, 0.5) is 5.69 Å². The standard InChI is InChI=1S/C29H36N6O4S/c1-4-22-18-34-19-40(38,39)33(3)26-13-23(12-24(22)28(26)34)29(37)32-25(11-20-9-7-6-8-10-20)27(36)16-30-14-21-15-31-35(5-2)17-21/h6-10,12-13,15,17-18,25,27,30,36H,4-5,11,14,16,19H2,1-3H3,(H,32,37)/t25-,27+/m0/s1. The number of hydrogen-bond acceptors (Lipinski definition) is 6. The normalized spacial score (nSPS) is 15.8. The molecule has 2 atom stereocenters. The number of nitrogens with one attached hydrogen (secondary N) is 2. The Balaban J connectivity index is 1.39. The van der Waals surface area contributed by atoms with E-state index in [1.54, 1.807) is 16.8 Å². The minimum absolute atomic E-state index is 0.129. The first kappa shape index (κ1) is 27.9. The molecule has 0 aliphatic carbocycles. The fraction of sp³-hybridized carbons (Fsp3) is 0.379. The Morgan fingerprint density at radius 3 is 2.60 bits per heavy atom. The van der Waals surface area contributed by atoms with Gasteiger partial charge in [0.05, 0.1) is 29.5 Å². The van der Waals surface area contributed by atoms with E-state index in [4.69, 9.17) is 0 Å².